The summed E-state index contributed by atoms with van der Waals surface area (Å²) in [7, 11) is 0. The van der Waals surface area contributed by atoms with Gasteiger partial charge in [0, 0.05) is 29.1 Å². The summed E-state index contributed by atoms with van der Waals surface area (Å²) in [4.78, 5) is 25.8. The highest BCUT2D eigenvalue weighted by Crippen LogP contribution is 2.85. The molecule has 0 aromatic rings. The maximum atomic E-state index is 13.0. The number of carbonyl (C=O) groups is 2. The van der Waals surface area contributed by atoms with E-state index in [0.29, 0.717) is 18.3 Å². The Hall–Kier alpha value is -1.44. The molecule has 3 N–H and O–H groups in total. The van der Waals surface area contributed by atoms with E-state index in [4.69, 9.17) is 14.2 Å². The molecule has 15 atom stereocenters. The van der Waals surface area contributed by atoms with Crippen LogP contribution < -0.4 is 0 Å². The molecule has 37 heavy (non-hydrogen) atoms. The Balaban J connectivity index is 0.00000231. The van der Waals surface area contributed by atoms with Gasteiger partial charge in [0.25, 0.3) is 0 Å². The van der Waals surface area contributed by atoms with Gasteiger partial charge in [0.2, 0.25) is 0 Å². The lowest BCUT2D eigenvalue weighted by Crippen LogP contribution is -2.58. The van der Waals surface area contributed by atoms with Gasteiger partial charge in [-0.2, -0.15) is 0 Å². The van der Waals surface area contributed by atoms with Gasteiger partial charge in [0.05, 0.1) is 28.6 Å². The van der Waals surface area contributed by atoms with E-state index in [2.05, 4.69) is 27.7 Å². The van der Waals surface area contributed by atoms with Crippen molar-refractivity contribution in [2.45, 2.75) is 103 Å². The van der Waals surface area contributed by atoms with Crippen molar-refractivity contribution in [1.29, 1.82) is 0 Å². The molecule has 7 fully saturated rings. The minimum absolute atomic E-state index is 0. The van der Waals surface area contributed by atoms with Gasteiger partial charge in [-0.1, -0.05) is 19.4 Å². The van der Waals surface area contributed by atoms with Crippen LogP contribution in [0.15, 0.2) is 11.1 Å². The number of ether oxygens (including phenoxy) is 3. The summed E-state index contributed by atoms with van der Waals surface area (Å²) in [6.45, 7) is 12.9. The van der Waals surface area contributed by atoms with Gasteiger partial charge in [-0.25, -0.2) is 0 Å². The van der Waals surface area contributed by atoms with E-state index in [1.54, 1.807) is 0 Å². The van der Waals surface area contributed by atoms with E-state index in [1.165, 1.54) is 11.1 Å². The predicted octanol–water partition coefficient (Wildman–Crippen LogP) is 3.22. The van der Waals surface area contributed by atoms with E-state index in [9.17, 15) is 14.7 Å². The summed E-state index contributed by atoms with van der Waals surface area (Å²) >= 11 is 0. The fourth-order valence-corrected chi connectivity index (χ4v) is 12.4. The Labute approximate surface area is 219 Å². The zero-order valence-electron chi connectivity index (χ0n) is 22.9. The third-order valence-electron chi connectivity index (χ3n) is 13.3. The molecule has 7 nitrogen and oxygen atoms in total. The van der Waals surface area contributed by atoms with Gasteiger partial charge in [-0.05, 0) is 83.1 Å². The van der Waals surface area contributed by atoms with Crippen molar-refractivity contribution < 1.29 is 34.4 Å². The van der Waals surface area contributed by atoms with Crippen LogP contribution in [-0.2, 0) is 23.8 Å². The molecule has 3 aliphatic heterocycles. The van der Waals surface area contributed by atoms with Gasteiger partial charge in [-0.15, -0.1) is 0 Å². The smallest absolute Gasteiger partial charge is 0.309 e. The van der Waals surface area contributed by atoms with Crippen LogP contribution in [0.25, 0.3) is 0 Å². The highest BCUT2D eigenvalue weighted by Gasteiger charge is 2.89. The Morgan fingerprint density at radius 3 is 2.27 bits per heavy atom. The largest absolute Gasteiger partial charge is 0.461 e. The van der Waals surface area contributed by atoms with E-state index >= 15 is 0 Å². The number of hydrogen-bond donors (Lipinski definition) is 1. The van der Waals surface area contributed by atoms with Crippen molar-refractivity contribution >= 4 is 11.9 Å². The molecule has 7 heteroatoms. The maximum absolute atomic E-state index is 13.0. The quantitative estimate of drug-likeness (QED) is 0.392. The number of allylic oxidation sites excluding steroid dienone is 1. The van der Waals surface area contributed by atoms with Crippen LogP contribution in [0.5, 0.6) is 0 Å². The van der Waals surface area contributed by atoms with Crippen LogP contribution in [-0.4, -0.2) is 51.5 Å². The first-order chi connectivity index (χ1) is 16.9. The third kappa shape index (κ3) is 2.36. The number of carbonyl (C=O) groups excluding carboxylic acids is 2. The number of aliphatic hydroxyl groups is 1. The lowest BCUT2D eigenvalue weighted by Gasteiger charge is -2.53. The van der Waals surface area contributed by atoms with Crippen LogP contribution in [0.3, 0.4) is 0 Å². The fraction of sp³-hybridized carbons (Fsp3) is 0.867. The molecule has 5 aliphatic carbocycles. The number of esters is 2. The lowest BCUT2D eigenvalue weighted by atomic mass is 9.55. The standard InChI is InChI=1S/C30H40O6.H2O/c1-12-15-7-9-27(4,33)21-18(22(15)34-25(12)31)14(3)20-19(21)17-11-29(6)30(20)23(17)28(5,36-29)10-8-16-13(2)26(32)35-24(16)30;/h12-13,15-17,19-24,33H,7-11H2,1-6H3;1H2/t12-,13-,15-,16-,17+,19-,20-,21-,22-,23-,24-,27-,28-,29-,30-;/m0./s1. The van der Waals surface area contributed by atoms with Gasteiger partial charge >= 0.3 is 11.9 Å². The number of rotatable bonds is 0. The Morgan fingerprint density at radius 2 is 1.54 bits per heavy atom. The third-order valence-corrected chi connectivity index (χ3v) is 13.3. The molecule has 3 heterocycles. The summed E-state index contributed by atoms with van der Waals surface area (Å²) in [5.41, 5.74) is 0.769. The molecule has 0 amide bonds. The summed E-state index contributed by atoms with van der Waals surface area (Å²) in [5.74, 6) is 1.10. The lowest BCUT2D eigenvalue weighted by molar-refractivity contribution is -0.207. The van der Waals surface area contributed by atoms with Crippen LogP contribution in [0.1, 0.15) is 73.6 Å². The normalized spacial score (nSPS) is 62.2. The van der Waals surface area contributed by atoms with Crippen molar-refractivity contribution in [3.8, 4) is 0 Å². The maximum Gasteiger partial charge on any atom is 0.309 e. The summed E-state index contributed by atoms with van der Waals surface area (Å²) < 4.78 is 19.6. The molecule has 8 aliphatic rings. The molecular formula is C30H42O7. The molecule has 0 aromatic heterocycles. The number of fused-ring (bicyclic) bond motifs is 7. The topological polar surface area (TPSA) is 114 Å². The zero-order chi connectivity index (χ0) is 25.3. The second kappa shape index (κ2) is 6.82. The first-order valence-electron chi connectivity index (χ1n) is 14.4. The van der Waals surface area contributed by atoms with Crippen molar-refractivity contribution in [1.82, 2.24) is 0 Å². The van der Waals surface area contributed by atoms with Crippen LogP contribution in [0.4, 0.5) is 0 Å². The van der Waals surface area contributed by atoms with Gasteiger partial charge in [-0.3, -0.25) is 9.59 Å². The van der Waals surface area contributed by atoms with Crippen molar-refractivity contribution in [3.63, 3.8) is 0 Å². The molecule has 0 radical (unpaired) electrons. The molecule has 0 unspecified atom stereocenters. The summed E-state index contributed by atoms with van der Waals surface area (Å²) in [6.07, 6.45) is 3.99. The van der Waals surface area contributed by atoms with Crippen molar-refractivity contribution in [3.05, 3.63) is 11.1 Å². The highest BCUT2D eigenvalue weighted by atomic mass is 16.6. The average molecular weight is 515 g/mol. The van der Waals surface area contributed by atoms with Gasteiger partial charge in [0.15, 0.2) is 0 Å². The van der Waals surface area contributed by atoms with E-state index in [0.717, 1.165) is 25.7 Å². The second-order valence-corrected chi connectivity index (χ2v) is 14.6. The Morgan fingerprint density at radius 1 is 0.892 bits per heavy atom. The van der Waals surface area contributed by atoms with Crippen molar-refractivity contribution in [2.24, 2.45) is 58.7 Å². The van der Waals surface area contributed by atoms with E-state index in [-0.39, 0.29) is 87.7 Å². The Kier molecular flexibility index (Phi) is 4.53. The molecule has 5 bridgehead atoms. The fourth-order valence-electron chi connectivity index (χ4n) is 12.4. The highest BCUT2D eigenvalue weighted by molar-refractivity contribution is 5.76. The zero-order valence-corrected chi connectivity index (χ0v) is 22.9. The molecule has 8 rings (SSSR count). The van der Waals surface area contributed by atoms with Crippen LogP contribution in [0.2, 0.25) is 0 Å². The van der Waals surface area contributed by atoms with Gasteiger partial charge in [0.1, 0.15) is 12.2 Å². The average Bonchev–Trinajstić information content (AvgIpc) is 3.51. The molecule has 204 valence electrons. The van der Waals surface area contributed by atoms with Gasteiger partial charge < -0.3 is 24.8 Å². The minimum atomic E-state index is -0.848. The first kappa shape index (κ1) is 24.6. The molecule has 0 spiro atoms. The van der Waals surface area contributed by atoms with Crippen molar-refractivity contribution in [2.75, 3.05) is 0 Å². The minimum Gasteiger partial charge on any atom is -0.461 e. The summed E-state index contributed by atoms with van der Waals surface area (Å²) in [5, 5.41) is 12.1. The molecular weight excluding hydrogens is 472 g/mol. The van der Waals surface area contributed by atoms with E-state index in [1.807, 2.05) is 13.8 Å². The number of hydrogen-bond acceptors (Lipinski definition) is 6. The van der Waals surface area contributed by atoms with Crippen LogP contribution in [0, 0.1) is 58.7 Å². The molecule has 0 aromatic carbocycles. The SMILES string of the molecule is CC1=C2[C@H]3OC(=O)[C@@H](C)[C@@H]3CC[C@](C)(O)[C@@H]2[C@H]2[C@H]3C[C@]4(C)O[C@@]5(C)CC[C@H]6[C@H](C)C(=O)O[C@@H]6[C@@]4([C@@H]35)[C@@H]12.O. The monoisotopic (exact) mass is 514 g/mol. The van der Waals surface area contributed by atoms with Crippen LogP contribution >= 0.6 is 0 Å². The first-order valence-corrected chi connectivity index (χ1v) is 14.4. The predicted molar refractivity (Wildman–Crippen MR) is 133 cm³/mol. The second-order valence-electron chi connectivity index (χ2n) is 14.6. The molecule has 4 saturated carbocycles. The molecule has 3 saturated heterocycles. The Bertz CT molecular complexity index is 1140. The van der Waals surface area contributed by atoms with E-state index < -0.39 is 5.60 Å². The summed E-state index contributed by atoms with van der Waals surface area (Å²) in [6, 6.07) is 0.